The summed E-state index contributed by atoms with van der Waals surface area (Å²) < 4.78 is 19.0. The summed E-state index contributed by atoms with van der Waals surface area (Å²) in [5.74, 6) is -0.0777. The van der Waals surface area contributed by atoms with E-state index in [2.05, 4.69) is 5.16 Å². The first-order valence-corrected chi connectivity index (χ1v) is 7.81. The van der Waals surface area contributed by atoms with Gasteiger partial charge in [0.15, 0.2) is 5.76 Å². The lowest BCUT2D eigenvalue weighted by molar-refractivity contribution is -0.118. The third-order valence-electron chi connectivity index (χ3n) is 4.22. The highest BCUT2D eigenvalue weighted by Gasteiger charge is 2.25. The number of benzene rings is 2. The Morgan fingerprint density at radius 2 is 1.96 bits per heavy atom. The van der Waals surface area contributed by atoms with E-state index in [1.165, 1.54) is 11.6 Å². The van der Waals surface area contributed by atoms with Gasteiger partial charge in [-0.3, -0.25) is 4.79 Å². The number of carbonyl (C=O) groups excluding carboxylic acids is 1. The molecular formula is C19H15FN2O2. The van der Waals surface area contributed by atoms with Gasteiger partial charge in [0.1, 0.15) is 5.82 Å². The molecule has 24 heavy (non-hydrogen) atoms. The summed E-state index contributed by atoms with van der Waals surface area (Å²) in [6.07, 6.45) is 0.994. The largest absolute Gasteiger partial charge is 0.356 e. The van der Waals surface area contributed by atoms with Gasteiger partial charge < -0.3 is 9.42 Å². The van der Waals surface area contributed by atoms with Gasteiger partial charge in [0.05, 0.1) is 17.7 Å². The van der Waals surface area contributed by atoms with Crippen molar-refractivity contribution in [2.75, 3.05) is 11.4 Å². The van der Waals surface area contributed by atoms with Gasteiger partial charge in [-0.1, -0.05) is 35.5 Å². The summed E-state index contributed by atoms with van der Waals surface area (Å²) >= 11 is 0. The van der Waals surface area contributed by atoms with Gasteiger partial charge in [-0.2, -0.15) is 0 Å². The molecule has 0 radical (unpaired) electrons. The number of fused-ring (bicyclic) bond motifs is 1. The fourth-order valence-electron chi connectivity index (χ4n) is 3.03. The number of carbonyl (C=O) groups is 1. The van der Waals surface area contributed by atoms with Gasteiger partial charge in [-0.25, -0.2) is 4.39 Å². The molecule has 0 saturated heterocycles. The Morgan fingerprint density at radius 1 is 1.17 bits per heavy atom. The van der Waals surface area contributed by atoms with Gasteiger partial charge in [0.25, 0.3) is 0 Å². The molecule has 0 aliphatic carbocycles. The SMILES string of the molecule is O=C(Cc1cc(-c2ccccc2F)on1)N1CCc2ccccc21. The fourth-order valence-corrected chi connectivity index (χ4v) is 3.03. The molecule has 0 spiro atoms. The molecule has 0 atom stereocenters. The second-order valence-electron chi connectivity index (χ2n) is 5.76. The Bertz CT molecular complexity index is 904. The van der Waals surface area contributed by atoms with Crippen molar-refractivity contribution in [2.45, 2.75) is 12.8 Å². The van der Waals surface area contributed by atoms with Crippen LogP contribution in [0.15, 0.2) is 59.1 Å². The molecule has 5 heteroatoms. The van der Waals surface area contributed by atoms with Gasteiger partial charge in [0.2, 0.25) is 5.91 Å². The Balaban J connectivity index is 1.53. The maximum Gasteiger partial charge on any atom is 0.233 e. The van der Waals surface area contributed by atoms with Crippen molar-refractivity contribution >= 4 is 11.6 Å². The first kappa shape index (κ1) is 14.6. The molecule has 0 saturated carbocycles. The number of para-hydroxylation sites is 1. The zero-order chi connectivity index (χ0) is 16.5. The van der Waals surface area contributed by atoms with Crippen LogP contribution in [0, 0.1) is 5.82 Å². The van der Waals surface area contributed by atoms with E-state index in [9.17, 15) is 9.18 Å². The Morgan fingerprint density at radius 3 is 2.83 bits per heavy atom. The van der Waals surface area contributed by atoms with E-state index in [0.29, 0.717) is 23.6 Å². The molecule has 4 rings (SSSR count). The van der Waals surface area contributed by atoms with Crippen molar-refractivity contribution in [1.29, 1.82) is 0 Å². The van der Waals surface area contributed by atoms with E-state index in [1.807, 2.05) is 24.3 Å². The quantitative estimate of drug-likeness (QED) is 0.740. The number of aromatic nitrogens is 1. The lowest BCUT2D eigenvalue weighted by Gasteiger charge is -2.16. The summed E-state index contributed by atoms with van der Waals surface area (Å²) in [7, 11) is 0. The maximum absolute atomic E-state index is 13.8. The Labute approximate surface area is 138 Å². The van der Waals surface area contributed by atoms with Crippen molar-refractivity contribution in [3.63, 3.8) is 0 Å². The molecule has 0 bridgehead atoms. The average Bonchev–Trinajstić information content (AvgIpc) is 3.22. The second-order valence-corrected chi connectivity index (χ2v) is 5.76. The number of anilines is 1. The highest BCUT2D eigenvalue weighted by molar-refractivity contribution is 5.96. The normalized spacial score (nSPS) is 13.1. The zero-order valence-electron chi connectivity index (χ0n) is 12.9. The maximum atomic E-state index is 13.8. The predicted molar refractivity (Wildman–Crippen MR) is 88.1 cm³/mol. The molecule has 0 unspecified atom stereocenters. The van der Waals surface area contributed by atoms with Crippen molar-refractivity contribution in [3.8, 4) is 11.3 Å². The van der Waals surface area contributed by atoms with Crippen LogP contribution in [0.25, 0.3) is 11.3 Å². The third-order valence-corrected chi connectivity index (χ3v) is 4.22. The minimum Gasteiger partial charge on any atom is -0.356 e. The molecule has 1 aliphatic heterocycles. The van der Waals surface area contributed by atoms with Crippen LogP contribution in [-0.2, 0) is 17.6 Å². The molecule has 1 aliphatic rings. The van der Waals surface area contributed by atoms with Crippen LogP contribution < -0.4 is 4.90 Å². The minimum atomic E-state index is -0.375. The Kier molecular flexibility index (Phi) is 3.61. The van der Waals surface area contributed by atoms with Crippen LogP contribution >= 0.6 is 0 Å². The summed E-state index contributed by atoms with van der Waals surface area (Å²) in [4.78, 5) is 14.3. The minimum absolute atomic E-state index is 0.0340. The van der Waals surface area contributed by atoms with Crippen molar-refractivity contribution in [1.82, 2.24) is 5.16 Å². The monoisotopic (exact) mass is 322 g/mol. The Hall–Kier alpha value is -2.95. The number of halogens is 1. The van der Waals surface area contributed by atoms with E-state index in [4.69, 9.17) is 4.52 Å². The van der Waals surface area contributed by atoms with E-state index in [1.54, 1.807) is 29.2 Å². The van der Waals surface area contributed by atoms with E-state index in [-0.39, 0.29) is 18.1 Å². The molecule has 2 aromatic carbocycles. The van der Waals surface area contributed by atoms with Crippen LogP contribution in [0.1, 0.15) is 11.3 Å². The number of rotatable bonds is 3. The third kappa shape index (κ3) is 2.58. The van der Waals surface area contributed by atoms with Gasteiger partial charge in [0, 0.05) is 18.3 Å². The average molecular weight is 322 g/mol. The summed E-state index contributed by atoms with van der Waals surface area (Å²) in [6.45, 7) is 0.677. The van der Waals surface area contributed by atoms with Crippen LogP contribution in [0.3, 0.4) is 0 Å². The van der Waals surface area contributed by atoms with Crippen molar-refractivity contribution < 1.29 is 13.7 Å². The summed E-state index contributed by atoms with van der Waals surface area (Å²) in [6, 6.07) is 15.8. The summed E-state index contributed by atoms with van der Waals surface area (Å²) in [5, 5.41) is 3.91. The predicted octanol–water partition coefficient (Wildman–Crippen LogP) is 3.61. The van der Waals surface area contributed by atoms with E-state index >= 15 is 0 Å². The van der Waals surface area contributed by atoms with Gasteiger partial charge >= 0.3 is 0 Å². The molecular weight excluding hydrogens is 307 g/mol. The summed E-state index contributed by atoms with van der Waals surface area (Å²) in [5.41, 5.74) is 2.98. The number of hydrogen-bond donors (Lipinski definition) is 0. The molecule has 0 N–H and O–H groups in total. The molecule has 4 nitrogen and oxygen atoms in total. The molecule has 2 heterocycles. The first-order chi connectivity index (χ1) is 11.7. The first-order valence-electron chi connectivity index (χ1n) is 7.81. The smallest absolute Gasteiger partial charge is 0.233 e. The second kappa shape index (κ2) is 5.92. The topological polar surface area (TPSA) is 46.3 Å². The van der Waals surface area contributed by atoms with Crippen LogP contribution in [0.2, 0.25) is 0 Å². The standard InChI is InChI=1S/C19H15FN2O2/c20-16-7-3-2-6-15(16)18-11-14(21-24-18)12-19(23)22-10-9-13-5-1-4-8-17(13)22/h1-8,11H,9-10,12H2. The molecule has 1 aromatic heterocycles. The van der Waals surface area contributed by atoms with Crippen LogP contribution in [-0.4, -0.2) is 17.6 Å². The van der Waals surface area contributed by atoms with Crippen LogP contribution in [0.5, 0.6) is 0 Å². The number of amides is 1. The van der Waals surface area contributed by atoms with Crippen molar-refractivity contribution in [3.05, 3.63) is 71.7 Å². The molecule has 3 aromatic rings. The lowest BCUT2D eigenvalue weighted by Crippen LogP contribution is -2.30. The molecule has 0 fully saturated rings. The lowest BCUT2D eigenvalue weighted by atomic mass is 10.1. The number of hydrogen-bond acceptors (Lipinski definition) is 3. The van der Waals surface area contributed by atoms with Gasteiger partial charge in [-0.05, 0) is 30.2 Å². The number of nitrogens with zero attached hydrogens (tertiary/aromatic N) is 2. The fraction of sp³-hybridized carbons (Fsp3) is 0.158. The highest BCUT2D eigenvalue weighted by atomic mass is 19.1. The molecule has 1 amide bonds. The van der Waals surface area contributed by atoms with Crippen molar-refractivity contribution in [2.24, 2.45) is 0 Å². The van der Waals surface area contributed by atoms with Gasteiger partial charge in [-0.15, -0.1) is 0 Å². The van der Waals surface area contributed by atoms with E-state index < -0.39 is 0 Å². The molecule has 120 valence electrons. The van der Waals surface area contributed by atoms with E-state index in [0.717, 1.165) is 12.1 Å². The highest BCUT2D eigenvalue weighted by Crippen LogP contribution is 2.28. The van der Waals surface area contributed by atoms with Crippen LogP contribution in [0.4, 0.5) is 10.1 Å². The zero-order valence-corrected chi connectivity index (χ0v) is 12.9.